The van der Waals surface area contributed by atoms with E-state index in [2.05, 4.69) is 37.8 Å². The standard InChI is InChI=1S/C19H31N3O2/c1-18(2,3)13-19(4,24-17(21)23)9-11-22-10-5-6-14-12-15(20)7-8-16(14)22/h7-8,12H,5-6,9-11,13,20H2,1-4H3,(H2,21,23). The van der Waals surface area contributed by atoms with Crippen molar-refractivity contribution in [3.8, 4) is 0 Å². The number of benzene rings is 1. The third-order valence-corrected chi connectivity index (χ3v) is 4.48. The Morgan fingerprint density at radius 1 is 1.29 bits per heavy atom. The molecule has 0 bridgehead atoms. The van der Waals surface area contributed by atoms with Gasteiger partial charge >= 0.3 is 6.09 Å². The fraction of sp³-hybridized carbons (Fsp3) is 0.632. The van der Waals surface area contributed by atoms with Gasteiger partial charge in [0.1, 0.15) is 5.60 Å². The van der Waals surface area contributed by atoms with E-state index in [0.717, 1.165) is 44.5 Å². The van der Waals surface area contributed by atoms with E-state index in [1.54, 1.807) is 0 Å². The summed E-state index contributed by atoms with van der Waals surface area (Å²) in [6.45, 7) is 10.3. The van der Waals surface area contributed by atoms with Gasteiger partial charge in [0.2, 0.25) is 0 Å². The van der Waals surface area contributed by atoms with E-state index in [0.29, 0.717) is 0 Å². The Kier molecular flexibility index (Phi) is 5.31. The molecule has 4 N–H and O–H groups in total. The Morgan fingerprint density at radius 2 is 2.00 bits per heavy atom. The number of fused-ring (bicyclic) bond motifs is 1. The lowest BCUT2D eigenvalue weighted by Gasteiger charge is -2.38. The number of carbonyl (C=O) groups is 1. The number of rotatable bonds is 5. The fourth-order valence-electron chi connectivity index (χ4n) is 3.84. The maximum atomic E-state index is 11.4. The van der Waals surface area contributed by atoms with Gasteiger partial charge in [0.05, 0.1) is 0 Å². The lowest BCUT2D eigenvalue weighted by molar-refractivity contribution is -0.00386. The topological polar surface area (TPSA) is 81.6 Å². The summed E-state index contributed by atoms with van der Waals surface area (Å²) in [5, 5.41) is 0. The molecule has 24 heavy (non-hydrogen) atoms. The molecule has 0 spiro atoms. The predicted octanol–water partition coefficient (Wildman–Crippen LogP) is 3.70. The van der Waals surface area contributed by atoms with Gasteiger partial charge in [-0.05, 0) is 55.4 Å². The molecular formula is C19H31N3O2. The minimum Gasteiger partial charge on any atom is -0.443 e. The second kappa shape index (κ2) is 6.91. The molecule has 1 amide bonds. The number of ether oxygens (including phenoxy) is 1. The fourth-order valence-corrected chi connectivity index (χ4v) is 3.84. The normalized spacial score (nSPS) is 17.1. The second-order valence-electron chi connectivity index (χ2n) is 8.34. The maximum absolute atomic E-state index is 11.4. The number of nitrogen functional groups attached to an aromatic ring is 1. The highest BCUT2D eigenvalue weighted by molar-refractivity contribution is 5.65. The van der Waals surface area contributed by atoms with Crippen LogP contribution in [0, 0.1) is 5.41 Å². The lowest BCUT2D eigenvalue weighted by atomic mass is 9.81. The Balaban J connectivity index is 2.11. The van der Waals surface area contributed by atoms with Gasteiger partial charge in [-0.25, -0.2) is 4.79 Å². The first-order valence-corrected chi connectivity index (χ1v) is 8.70. The molecule has 0 aliphatic carbocycles. The Hall–Kier alpha value is -1.91. The van der Waals surface area contributed by atoms with Crippen molar-refractivity contribution in [2.45, 2.75) is 59.0 Å². The van der Waals surface area contributed by atoms with Crippen molar-refractivity contribution >= 4 is 17.5 Å². The number of anilines is 2. The molecule has 0 saturated carbocycles. The number of primary amides is 1. The molecule has 0 fully saturated rings. The lowest BCUT2D eigenvalue weighted by Crippen LogP contribution is -2.42. The molecule has 5 heteroatoms. The van der Waals surface area contributed by atoms with E-state index in [1.165, 1.54) is 11.3 Å². The van der Waals surface area contributed by atoms with Crippen LogP contribution in [0.4, 0.5) is 16.2 Å². The molecule has 5 nitrogen and oxygen atoms in total. The molecule has 0 radical (unpaired) electrons. The molecule has 0 saturated heterocycles. The van der Waals surface area contributed by atoms with Crippen molar-refractivity contribution in [2.24, 2.45) is 11.1 Å². The van der Waals surface area contributed by atoms with E-state index >= 15 is 0 Å². The zero-order valence-electron chi connectivity index (χ0n) is 15.4. The average molecular weight is 333 g/mol. The second-order valence-corrected chi connectivity index (χ2v) is 8.34. The minimum atomic E-state index is -0.700. The van der Waals surface area contributed by atoms with Crippen LogP contribution >= 0.6 is 0 Å². The number of carbonyl (C=O) groups excluding carboxylic acids is 1. The van der Waals surface area contributed by atoms with Crippen LogP contribution in [0.15, 0.2) is 18.2 Å². The highest BCUT2D eigenvalue weighted by atomic mass is 16.6. The van der Waals surface area contributed by atoms with Crippen LogP contribution in [0.2, 0.25) is 0 Å². The van der Waals surface area contributed by atoms with Gasteiger partial charge < -0.3 is 21.1 Å². The zero-order valence-corrected chi connectivity index (χ0v) is 15.4. The van der Waals surface area contributed by atoms with Crippen LogP contribution in [-0.2, 0) is 11.2 Å². The third kappa shape index (κ3) is 5.05. The average Bonchev–Trinajstić information content (AvgIpc) is 2.41. The van der Waals surface area contributed by atoms with Gasteiger partial charge in [-0.3, -0.25) is 0 Å². The van der Waals surface area contributed by atoms with Crippen LogP contribution in [0.5, 0.6) is 0 Å². The molecular weight excluding hydrogens is 302 g/mol. The first-order valence-electron chi connectivity index (χ1n) is 8.70. The molecule has 0 aromatic heterocycles. The number of nitrogens with zero attached hydrogens (tertiary/aromatic N) is 1. The highest BCUT2D eigenvalue weighted by Crippen LogP contribution is 2.34. The highest BCUT2D eigenvalue weighted by Gasteiger charge is 2.34. The van der Waals surface area contributed by atoms with Crippen LogP contribution in [-0.4, -0.2) is 24.8 Å². The summed E-state index contributed by atoms with van der Waals surface area (Å²) in [4.78, 5) is 13.7. The van der Waals surface area contributed by atoms with Crippen molar-refractivity contribution in [1.29, 1.82) is 0 Å². The van der Waals surface area contributed by atoms with Crippen molar-refractivity contribution in [2.75, 3.05) is 23.7 Å². The SMILES string of the molecule is CC(C)(C)CC(C)(CCN1CCCc2cc(N)ccc21)OC(N)=O. The van der Waals surface area contributed by atoms with Gasteiger partial charge in [0, 0.05) is 30.9 Å². The molecule has 1 aliphatic heterocycles. The van der Waals surface area contributed by atoms with Crippen molar-refractivity contribution in [3.63, 3.8) is 0 Å². The predicted molar refractivity (Wildman–Crippen MR) is 99.2 cm³/mol. The monoisotopic (exact) mass is 333 g/mol. The van der Waals surface area contributed by atoms with Crippen molar-refractivity contribution < 1.29 is 9.53 Å². The first-order chi connectivity index (χ1) is 11.1. The van der Waals surface area contributed by atoms with Gasteiger partial charge in [-0.15, -0.1) is 0 Å². The van der Waals surface area contributed by atoms with Crippen LogP contribution < -0.4 is 16.4 Å². The van der Waals surface area contributed by atoms with Gasteiger partial charge in [0.25, 0.3) is 0 Å². The van der Waals surface area contributed by atoms with E-state index in [4.69, 9.17) is 16.2 Å². The summed E-state index contributed by atoms with van der Waals surface area (Å²) >= 11 is 0. The summed E-state index contributed by atoms with van der Waals surface area (Å²) in [5.41, 5.74) is 14.1. The van der Waals surface area contributed by atoms with E-state index in [1.807, 2.05) is 13.0 Å². The van der Waals surface area contributed by atoms with Crippen LogP contribution in [0.3, 0.4) is 0 Å². The van der Waals surface area contributed by atoms with Crippen molar-refractivity contribution in [1.82, 2.24) is 0 Å². The maximum Gasteiger partial charge on any atom is 0.405 e. The molecule has 1 aromatic carbocycles. The Morgan fingerprint density at radius 3 is 2.62 bits per heavy atom. The van der Waals surface area contributed by atoms with Gasteiger partial charge in [0.15, 0.2) is 0 Å². The third-order valence-electron chi connectivity index (χ3n) is 4.48. The number of nitrogens with two attached hydrogens (primary N) is 2. The summed E-state index contributed by atoms with van der Waals surface area (Å²) < 4.78 is 5.50. The van der Waals surface area contributed by atoms with E-state index < -0.39 is 11.7 Å². The zero-order chi connectivity index (χ0) is 18.0. The molecule has 1 aliphatic rings. The molecule has 134 valence electrons. The molecule has 1 aromatic rings. The summed E-state index contributed by atoms with van der Waals surface area (Å²) in [5.74, 6) is 0. The van der Waals surface area contributed by atoms with Crippen LogP contribution in [0.1, 0.15) is 52.5 Å². The minimum absolute atomic E-state index is 0.0540. The number of amides is 1. The summed E-state index contributed by atoms with van der Waals surface area (Å²) in [6.07, 6.45) is 2.99. The van der Waals surface area contributed by atoms with Gasteiger partial charge in [-0.1, -0.05) is 20.8 Å². The van der Waals surface area contributed by atoms with Gasteiger partial charge in [-0.2, -0.15) is 0 Å². The smallest absolute Gasteiger partial charge is 0.405 e. The first kappa shape index (κ1) is 18.4. The van der Waals surface area contributed by atoms with Crippen molar-refractivity contribution in [3.05, 3.63) is 23.8 Å². The van der Waals surface area contributed by atoms with E-state index in [9.17, 15) is 4.79 Å². The number of hydrogen-bond donors (Lipinski definition) is 2. The molecule has 1 atom stereocenters. The summed E-state index contributed by atoms with van der Waals surface area (Å²) in [7, 11) is 0. The Bertz CT molecular complexity index is 595. The Labute approximate surface area is 145 Å². The number of hydrogen-bond acceptors (Lipinski definition) is 4. The quantitative estimate of drug-likeness (QED) is 0.805. The summed E-state index contributed by atoms with van der Waals surface area (Å²) in [6, 6.07) is 6.11. The molecule has 2 rings (SSSR count). The number of aryl methyl sites for hydroxylation is 1. The van der Waals surface area contributed by atoms with Crippen LogP contribution in [0.25, 0.3) is 0 Å². The largest absolute Gasteiger partial charge is 0.443 e. The van der Waals surface area contributed by atoms with E-state index in [-0.39, 0.29) is 5.41 Å². The molecule has 1 unspecified atom stereocenters. The molecule has 1 heterocycles.